The van der Waals surface area contributed by atoms with E-state index in [2.05, 4.69) is 53.2 Å². The lowest BCUT2D eigenvalue weighted by Crippen LogP contribution is -2.52. The molecule has 4 aromatic carbocycles. The number of non-ortho nitro benzene ring substituents is 1. The molecular formula is C29H24N4O3. The average molecular weight is 477 g/mol. The predicted octanol–water partition coefficient (Wildman–Crippen LogP) is 4.76. The van der Waals surface area contributed by atoms with Gasteiger partial charge < -0.3 is 5.32 Å². The summed E-state index contributed by atoms with van der Waals surface area (Å²) in [7, 11) is 0. The van der Waals surface area contributed by atoms with Crippen molar-refractivity contribution < 1.29 is 9.72 Å². The molecule has 1 saturated heterocycles. The van der Waals surface area contributed by atoms with Crippen LogP contribution in [0, 0.1) is 10.1 Å². The van der Waals surface area contributed by atoms with Crippen LogP contribution in [-0.4, -0.2) is 28.0 Å². The number of hydrogen-bond donors (Lipinski definition) is 2. The molecular weight excluding hydrogens is 452 g/mol. The molecule has 3 unspecified atom stereocenters. The van der Waals surface area contributed by atoms with Crippen LogP contribution in [0.5, 0.6) is 0 Å². The highest BCUT2D eigenvalue weighted by molar-refractivity contribution is 5.97. The lowest BCUT2D eigenvalue weighted by Gasteiger charge is -2.33. The molecule has 2 aliphatic rings. The van der Waals surface area contributed by atoms with Gasteiger partial charge in [-0.3, -0.25) is 19.9 Å². The number of nitrogens with one attached hydrogen (secondary N) is 2. The van der Waals surface area contributed by atoms with E-state index in [4.69, 9.17) is 0 Å². The van der Waals surface area contributed by atoms with Gasteiger partial charge >= 0.3 is 0 Å². The van der Waals surface area contributed by atoms with Crippen molar-refractivity contribution >= 4 is 28.1 Å². The molecule has 7 heteroatoms. The quantitative estimate of drug-likeness (QED) is 0.320. The maximum Gasteiger partial charge on any atom is 0.269 e. The monoisotopic (exact) mass is 476 g/mol. The van der Waals surface area contributed by atoms with Crippen LogP contribution < -0.4 is 10.7 Å². The number of carbonyl (C=O) groups excluding carboxylic acids is 1. The molecule has 7 nitrogen and oxygen atoms in total. The summed E-state index contributed by atoms with van der Waals surface area (Å²) in [4.78, 5) is 24.0. The molecule has 0 spiro atoms. The highest BCUT2D eigenvalue weighted by Gasteiger charge is 2.47. The van der Waals surface area contributed by atoms with E-state index in [1.165, 1.54) is 23.3 Å². The number of hydrogen-bond acceptors (Lipinski definition) is 5. The van der Waals surface area contributed by atoms with E-state index in [1.807, 2.05) is 30.3 Å². The Bertz CT molecular complexity index is 1480. The summed E-state index contributed by atoms with van der Waals surface area (Å²) in [6, 6.07) is 31.1. The SMILES string of the molecule is O=C1C=C(c2ccc([N+](=O)[O-])cc2)NC2C(c3cccc4ccccc34)C(Cc3ccccc3)NN12. The third-order valence-corrected chi connectivity index (χ3v) is 7.04. The first kappa shape index (κ1) is 22.0. The largest absolute Gasteiger partial charge is 0.363 e. The number of nitro groups is 1. The van der Waals surface area contributed by atoms with E-state index in [-0.39, 0.29) is 29.7 Å². The van der Waals surface area contributed by atoms with E-state index in [9.17, 15) is 14.9 Å². The Labute approximate surface area is 208 Å². The van der Waals surface area contributed by atoms with Gasteiger partial charge in [-0.15, -0.1) is 0 Å². The first-order chi connectivity index (χ1) is 17.6. The molecule has 2 N–H and O–H groups in total. The first-order valence-electron chi connectivity index (χ1n) is 11.9. The van der Waals surface area contributed by atoms with Gasteiger partial charge in [-0.2, -0.15) is 0 Å². The van der Waals surface area contributed by atoms with Crippen molar-refractivity contribution in [1.29, 1.82) is 0 Å². The van der Waals surface area contributed by atoms with Crippen LogP contribution in [-0.2, 0) is 11.2 Å². The summed E-state index contributed by atoms with van der Waals surface area (Å²) >= 11 is 0. The van der Waals surface area contributed by atoms with Crippen molar-refractivity contribution in [2.45, 2.75) is 24.5 Å². The zero-order chi connectivity index (χ0) is 24.6. The van der Waals surface area contributed by atoms with E-state index in [0.717, 1.165) is 22.8 Å². The molecule has 2 aliphatic heterocycles. The van der Waals surface area contributed by atoms with Gasteiger partial charge in [-0.1, -0.05) is 72.8 Å². The minimum Gasteiger partial charge on any atom is -0.363 e. The summed E-state index contributed by atoms with van der Waals surface area (Å²) in [6.45, 7) is 0. The van der Waals surface area contributed by atoms with Crippen LogP contribution in [0.4, 0.5) is 5.69 Å². The summed E-state index contributed by atoms with van der Waals surface area (Å²) in [6.07, 6.45) is 1.98. The normalized spacial score (nSPS) is 21.1. The van der Waals surface area contributed by atoms with E-state index >= 15 is 0 Å². The van der Waals surface area contributed by atoms with Crippen molar-refractivity contribution in [3.05, 3.63) is 130 Å². The number of nitrogens with zero attached hydrogens (tertiary/aromatic N) is 2. The second kappa shape index (κ2) is 8.94. The summed E-state index contributed by atoms with van der Waals surface area (Å²) in [5, 5.41) is 18.7. The van der Waals surface area contributed by atoms with Gasteiger partial charge in [0.2, 0.25) is 0 Å². The summed E-state index contributed by atoms with van der Waals surface area (Å²) in [5.41, 5.74) is 7.25. The Morgan fingerprint density at radius 2 is 1.58 bits per heavy atom. The zero-order valence-corrected chi connectivity index (χ0v) is 19.4. The van der Waals surface area contributed by atoms with Crippen LogP contribution in [0.15, 0.2) is 103 Å². The second-order valence-corrected chi connectivity index (χ2v) is 9.18. The minimum absolute atomic E-state index is 0.0159. The molecule has 0 bridgehead atoms. The molecule has 6 rings (SSSR count). The number of benzene rings is 4. The number of fused-ring (bicyclic) bond motifs is 2. The van der Waals surface area contributed by atoms with Gasteiger partial charge in [-0.05, 0) is 46.0 Å². The van der Waals surface area contributed by atoms with Crippen LogP contribution >= 0.6 is 0 Å². The lowest BCUT2D eigenvalue weighted by molar-refractivity contribution is -0.384. The number of rotatable bonds is 5. The summed E-state index contributed by atoms with van der Waals surface area (Å²) < 4.78 is 0. The zero-order valence-electron chi connectivity index (χ0n) is 19.4. The maximum atomic E-state index is 13.3. The first-order valence-corrected chi connectivity index (χ1v) is 11.9. The van der Waals surface area contributed by atoms with Crippen LogP contribution in [0.3, 0.4) is 0 Å². The smallest absolute Gasteiger partial charge is 0.269 e. The molecule has 0 aliphatic carbocycles. The molecule has 4 aromatic rings. The van der Waals surface area contributed by atoms with Crippen LogP contribution in [0.1, 0.15) is 22.6 Å². The number of amides is 1. The third kappa shape index (κ3) is 3.89. The Morgan fingerprint density at radius 3 is 2.36 bits per heavy atom. The standard InChI is InChI=1S/C29H24N4O3/c34-27-18-25(21-13-15-22(16-14-21)33(35)36)30-29-28(24-12-6-10-20-9-4-5-11-23(20)24)26(31-32(27)29)17-19-7-2-1-3-8-19/h1-16,18,26,28-31H,17H2. The molecule has 36 heavy (non-hydrogen) atoms. The Hall–Kier alpha value is -4.49. The third-order valence-electron chi connectivity index (χ3n) is 7.04. The number of nitro benzene ring substituents is 1. The fourth-order valence-electron chi connectivity index (χ4n) is 5.37. The Balaban J connectivity index is 1.41. The topological polar surface area (TPSA) is 87.5 Å². The van der Waals surface area contributed by atoms with Crippen LogP contribution in [0.2, 0.25) is 0 Å². The molecule has 178 valence electrons. The molecule has 1 amide bonds. The van der Waals surface area contributed by atoms with Gasteiger partial charge in [0.15, 0.2) is 0 Å². The van der Waals surface area contributed by atoms with Gasteiger partial charge in [-0.25, -0.2) is 5.43 Å². The fourth-order valence-corrected chi connectivity index (χ4v) is 5.37. The highest BCUT2D eigenvalue weighted by Crippen LogP contribution is 2.39. The van der Waals surface area contributed by atoms with Crippen molar-refractivity contribution in [1.82, 2.24) is 15.8 Å². The summed E-state index contributed by atoms with van der Waals surface area (Å²) in [5.74, 6) is -0.185. The van der Waals surface area contributed by atoms with Gasteiger partial charge in [0, 0.05) is 35.9 Å². The van der Waals surface area contributed by atoms with Crippen molar-refractivity contribution in [2.24, 2.45) is 0 Å². The Morgan fingerprint density at radius 1 is 0.861 bits per heavy atom. The highest BCUT2D eigenvalue weighted by atomic mass is 16.6. The number of carbonyl (C=O) groups is 1. The van der Waals surface area contributed by atoms with E-state index < -0.39 is 4.92 Å². The maximum absolute atomic E-state index is 13.3. The van der Waals surface area contributed by atoms with Gasteiger partial charge in [0.1, 0.15) is 6.17 Å². The van der Waals surface area contributed by atoms with Crippen molar-refractivity contribution in [3.8, 4) is 0 Å². The molecule has 1 fully saturated rings. The molecule has 0 aromatic heterocycles. The van der Waals surface area contributed by atoms with Crippen LogP contribution in [0.25, 0.3) is 16.5 Å². The second-order valence-electron chi connectivity index (χ2n) is 9.18. The van der Waals surface area contributed by atoms with E-state index in [0.29, 0.717) is 5.70 Å². The predicted molar refractivity (Wildman–Crippen MR) is 139 cm³/mol. The molecule has 3 atom stereocenters. The van der Waals surface area contributed by atoms with Crippen molar-refractivity contribution in [3.63, 3.8) is 0 Å². The number of hydrazine groups is 1. The Kier molecular flexibility index (Phi) is 5.47. The van der Waals surface area contributed by atoms with Crippen molar-refractivity contribution in [2.75, 3.05) is 0 Å². The molecule has 0 saturated carbocycles. The van der Waals surface area contributed by atoms with Gasteiger partial charge in [0.05, 0.1) is 4.92 Å². The average Bonchev–Trinajstić information content (AvgIpc) is 3.27. The van der Waals surface area contributed by atoms with Gasteiger partial charge in [0.25, 0.3) is 11.6 Å². The lowest BCUT2D eigenvalue weighted by atomic mass is 9.84. The molecule has 0 radical (unpaired) electrons. The fraction of sp³-hybridized carbons (Fsp3) is 0.138. The minimum atomic E-state index is -0.426. The van der Waals surface area contributed by atoms with E-state index in [1.54, 1.807) is 23.2 Å². The molecule has 2 heterocycles.